The van der Waals surface area contributed by atoms with Crippen molar-refractivity contribution in [1.29, 1.82) is 0 Å². The number of hydrogen-bond acceptors (Lipinski definition) is 4. The fourth-order valence-corrected chi connectivity index (χ4v) is 2.98. The minimum Gasteiger partial charge on any atom is -0.395 e. The third-order valence-corrected chi connectivity index (χ3v) is 4.39. The van der Waals surface area contributed by atoms with Gasteiger partial charge in [0.2, 0.25) is 0 Å². The van der Waals surface area contributed by atoms with Gasteiger partial charge in [0.15, 0.2) is 6.10 Å². The highest BCUT2D eigenvalue weighted by Crippen LogP contribution is 2.20. The number of carbonyl (C=O) groups is 1. The number of aliphatic hydroxyl groups excluding tert-OH is 1. The number of amides is 1. The van der Waals surface area contributed by atoms with Crippen LogP contribution >= 0.6 is 0 Å². The van der Waals surface area contributed by atoms with Crippen LogP contribution in [-0.2, 0) is 9.53 Å². The molecule has 1 aromatic rings. The summed E-state index contributed by atoms with van der Waals surface area (Å²) >= 11 is 0. The van der Waals surface area contributed by atoms with Crippen molar-refractivity contribution in [2.45, 2.75) is 25.5 Å². The third kappa shape index (κ3) is 3.85. The zero-order chi connectivity index (χ0) is 15.9. The molecule has 0 aromatic heterocycles. The highest BCUT2D eigenvalue weighted by molar-refractivity contribution is 5.82. The average Bonchev–Trinajstić information content (AvgIpc) is 2.58. The van der Waals surface area contributed by atoms with E-state index in [9.17, 15) is 9.90 Å². The standard InChI is InChI=1S/C17H26N2O3/c1-3-15(13-20)18-9-11-19(12-10-18)17(21)16(22-2)14-7-5-4-6-8-14/h4-8,15-16,20H,3,9-13H2,1-2H3. The van der Waals surface area contributed by atoms with Gasteiger partial charge in [0, 0.05) is 39.3 Å². The second kappa shape index (κ2) is 8.27. The second-order valence-electron chi connectivity index (χ2n) is 5.63. The Labute approximate surface area is 132 Å². The first-order valence-corrected chi connectivity index (χ1v) is 7.92. The lowest BCUT2D eigenvalue weighted by Gasteiger charge is -2.39. The largest absolute Gasteiger partial charge is 0.395 e. The number of hydrogen-bond donors (Lipinski definition) is 1. The van der Waals surface area contributed by atoms with Gasteiger partial charge < -0.3 is 14.7 Å². The van der Waals surface area contributed by atoms with Crippen molar-refractivity contribution >= 4 is 5.91 Å². The molecule has 1 aromatic carbocycles. The smallest absolute Gasteiger partial charge is 0.256 e. The number of rotatable bonds is 6. The minimum absolute atomic E-state index is 0.0189. The molecule has 0 spiro atoms. The van der Waals surface area contributed by atoms with Gasteiger partial charge in [-0.05, 0) is 12.0 Å². The molecule has 1 heterocycles. The Hall–Kier alpha value is -1.43. The molecule has 1 fully saturated rings. The first kappa shape index (κ1) is 16.9. The summed E-state index contributed by atoms with van der Waals surface area (Å²) in [7, 11) is 1.57. The molecule has 0 bridgehead atoms. The van der Waals surface area contributed by atoms with Gasteiger partial charge in [-0.15, -0.1) is 0 Å². The first-order chi connectivity index (χ1) is 10.7. The van der Waals surface area contributed by atoms with Crippen molar-refractivity contribution in [3.63, 3.8) is 0 Å². The normalized spacial score (nSPS) is 19.0. The number of aliphatic hydroxyl groups is 1. The highest BCUT2D eigenvalue weighted by Gasteiger charge is 2.30. The lowest BCUT2D eigenvalue weighted by atomic mass is 10.1. The zero-order valence-corrected chi connectivity index (χ0v) is 13.4. The lowest BCUT2D eigenvalue weighted by Crippen LogP contribution is -2.53. The molecule has 2 unspecified atom stereocenters. The van der Waals surface area contributed by atoms with Crippen molar-refractivity contribution in [3.8, 4) is 0 Å². The van der Waals surface area contributed by atoms with E-state index < -0.39 is 6.10 Å². The van der Waals surface area contributed by atoms with Crippen molar-refractivity contribution in [3.05, 3.63) is 35.9 Å². The number of benzene rings is 1. The molecule has 5 nitrogen and oxygen atoms in total. The van der Waals surface area contributed by atoms with Gasteiger partial charge >= 0.3 is 0 Å². The summed E-state index contributed by atoms with van der Waals surface area (Å²) in [6.45, 7) is 5.22. The summed E-state index contributed by atoms with van der Waals surface area (Å²) in [5.74, 6) is 0.0189. The van der Waals surface area contributed by atoms with Crippen LogP contribution in [0.25, 0.3) is 0 Å². The topological polar surface area (TPSA) is 53.0 Å². The quantitative estimate of drug-likeness (QED) is 0.860. The molecule has 1 aliphatic heterocycles. The Kier molecular flexibility index (Phi) is 6.36. The highest BCUT2D eigenvalue weighted by atomic mass is 16.5. The Balaban J connectivity index is 1.97. The fourth-order valence-electron chi connectivity index (χ4n) is 2.98. The van der Waals surface area contributed by atoms with Gasteiger partial charge in [-0.2, -0.15) is 0 Å². The van der Waals surface area contributed by atoms with Crippen LogP contribution in [-0.4, -0.2) is 66.8 Å². The van der Waals surface area contributed by atoms with E-state index in [1.54, 1.807) is 7.11 Å². The van der Waals surface area contributed by atoms with Crippen LogP contribution < -0.4 is 0 Å². The van der Waals surface area contributed by atoms with Gasteiger partial charge in [0.05, 0.1) is 6.61 Å². The molecule has 22 heavy (non-hydrogen) atoms. The van der Waals surface area contributed by atoms with Crippen molar-refractivity contribution in [1.82, 2.24) is 9.80 Å². The maximum atomic E-state index is 12.7. The van der Waals surface area contributed by atoms with E-state index in [4.69, 9.17) is 4.74 Å². The maximum Gasteiger partial charge on any atom is 0.256 e. The molecule has 1 aliphatic rings. The molecule has 1 saturated heterocycles. The van der Waals surface area contributed by atoms with Gasteiger partial charge in [-0.25, -0.2) is 0 Å². The summed E-state index contributed by atoms with van der Waals surface area (Å²) < 4.78 is 5.42. The average molecular weight is 306 g/mol. The van der Waals surface area contributed by atoms with Crippen LogP contribution in [0.15, 0.2) is 30.3 Å². The van der Waals surface area contributed by atoms with E-state index in [-0.39, 0.29) is 18.6 Å². The summed E-state index contributed by atoms with van der Waals surface area (Å²) in [5.41, 5.74) is 0.888. The third-order valence-electron chi connectivity index (χ3n) is 4.39. The Morgan fingerprint density at radius 1 is 1.23 bits per heavy atom. The Morgan fingerprint density at radius 2 is 1.86 bits per heavy atom. The molecule has 1 N–H and O–H groups in total. The zero-order valence-electron chi connectivity index (χ0n) is 13.4. The molecule has 0 aliphatic carbocycles. The van der Waals surface area contributed by atoms with E-state index in [0.29, 0.717) is 13.1 Å². The monoisotopic (exact) mass is 306 g/mol. The Morgan fingerprint density at radius 3 is 2.36 bits per heavy atom. The number of methoxy groups -OCH3 is 1. The van der Waals surface area contributed by atoms with E-state index in [0.717, 1.165) is 25.1 Å². The van der Waals surface area contributed by atoms with Crippen LogP contribution in [0.3, 0.4) is 0 Å². The summed E-state index contributed by atoms with van der Waals surface area (Å²) in [6, 6.07) is 9.80. The molecule has 2 atom stereocenters. The molecular formula is C17H26N2O3. The summed E-state index contributed by atoms with van der Waals surface area (Å²) in [5, 5.41) is 9.39. The molecule has 1 amide bonds. The summed E-state index contributed by atoms with van der Waals surface area (Å²) in [6.07, 6.45) is 0.391. The van der Waals surface area contributed by atoms with Crippen molar-refractivity contribution in [2.24, 2.45) is 0 Å². The fraction of sp³-hybridized carbons (Fsp3) is 0.588. The number of nitrogens with zero attached hydrogens (tertiary/aromatic N) is 2. The van der Waals surface area contributed by atoms with Gasteiger partial charge in [0.25, 0.3) is 5.91 Å². The minimum atomic E-state index is -0.535. The number of ether oxygens (including phenoxy) is 1. The van der Waals surface area contributed by atoms with Gasteiger partial charge in [-0.1, -0.05) is 37.3 Å². The molecular weight excluding hydrogens is 280 g/mol. The lowest BCUT2D eigenvalue weighted by molar-refractivity contribution is -0.144. The maximum absolute atomic E-state index is 12.7. The van der Waals surface area contributed by atoms with Crippen molar-refractivity contribution in [2.75, 3.05) is 39.9 Å². The van der Waals surface area contributed by atoms with E-state index in [1.165, 1.54) is 0 Å². The van der Waals surface area contributed by atoms with Crippen LogP contribution in [0.2, 0.25) is 0 Å². The van der Waals surface area contributed by atoms with Gasteiger partial charge in [0.1, 0.15) is 0 Å². The molecule has 5 heteroatoms. The van der Waals surface area contributed by atoms with E-state index in [2.05, 4.69) is 11.8 Å². The number of carbonyl (C=O) groups excluding carboxylic acids is 1. The SMILES string of the molecule is CCC(CO)N1CCN(C(=O)C(OC)c2ccccc2)CC1. The molecule has 0 saturated carbocycles. The molecule has 2 rings (SSSR count). The van der Waals surface area contributed by atoms with Crippen LogP contribution in [0.4, 0.5) is 0 Å². The summed E-state index contributed by atoms with van der Waals surface area (Å²) in [4.78, 5) is 16.8. The van der Waals surface area contributed by atoms with E-state index in [1.807, 2.05) is 35.2 Å². The van der Waals surface area contributed by atoms with E-state index >= 15 is 0 Å². The molecule has 0 radical (unpaired) electrons. The van der Waals surface area contributed by atoms with Gasteiger partial charge in [-0.3, -0.25) is 9.69 Å². The van der Waals surface area contributed by atoms with Crippen molar-refractivity contribution < 1.29 is 14.6 Å². The second-order valence-corrected chi connectivity index (χ2v) is 5.63. The first-order valence-electron chi connectivity index (χ1n) is 7.92. The van der Waals surface area contributed by atoms with Crippen LogP contribution in [0, 0.1) is 0 Å². The predicted molar refractivity (Wildman–Crippen MR) is 85.5 cm³/mol. The van der Waals surface area contributed by atoms with Crippen LogP contribution in [0.1, 0.15) is 25.0 Å². The number of piperazine rings is 1. The Bertz CT molecular complexity index is 454. The predicted octanol–water partition coefficient (Wildman–Crippen LogP) is 1.29. The van der Waals surface area contributed by atoms with Crippen LogP contribution in [0.5, 0.6) is 0 Å². The molecule has 122 valence electrons.